The maximum atomic E-state index is 8.35. The summed E-state index contributed by atoms with van der Waals surface area (Å²) >= 11 is 0. The first-order valence-corrected chi connectivity index (χ1v) is 7.80. The molecule has 0 spiro atoms. The van der Waals surface area contributed by atoms with E-state index in [4.69, 9.17) is 5.48 Å². The summed E-state index contributed by atoms with van der Waals surface area (Å²) in [6, 6.07) is 9.70. The molecule has 23 heavy (non-hydrogen) atoms. The van der Waals surface area contributed by atoms with Gasteiger partial charge in [0, 0.05) is 11.0 Å². The van der Waals surface area contributed by atoms with E-state index in [0.29, 0.717) is 11.1 Å². The van der Waals surface area contributed by atoms with Crippen LogP contribution in [-0.4, -0.2) is 4.98 Å². The summed E-state index contributed by atoms with van der Waals surface area (Å²) in [6.45, 7) is 5.32. The molecule has 1 unspecified atom stereocenters. The fraction of sp³-hybridized carbons (Fsp3) is 0.333. The van der Waals surface area contributed by atoms with Gasteiger partial charge in [-0.15, -0.1) is 0 Å². The van der Waals surface area contributed by atoms with Crippen molar-refractivity contribution >= 4 is 10.9 Å². The summed E-state index contributed by atoms with van der Waals surface area (Å²) < 4.78 is 33.4. The monoisotopic (exact) mass is 309 g/mol. The molecular formula is C21H25N2+. The van der Waals surface area contributed by atoms with Crippen LogP contribution >= 0.6 is 0 Å². The normalized spacial score (nSPS) is 17.1. The number of rotatable bonds is 2. The van der Waals surface area contributed by atoms with Crippen LogP contribution in [0.4, 0.5) is 0 Å². The van der Waals surface area contributed by atoms with Gasteiger partial charge in [0.2, 0.25) is 0 Å². The van der Waals surface area contributed by atoms with E-state index in [1.165, 1.54) is 23.6 Å². The molecule has 0 aliphatic carbocycles. The van der Waals surface area contributed by atoms with Crippen molar-refractivity contribution < 1.29 is 10.1 Å². The van der Waals surface area contributed by atoms with Crippen LogP contribution in [0.25, 0.3) is 22.2 Å². The molecule has 0 saturated carbocycles. The number of benzene rings is 2. The van der Waals surface area contributed by atoms with E-state index in [-0.39, 0.29) is 0 Å². The van der Waals surface area contributed by atoms with Crippen molar-refractivity contribution in [2.75, 3.05) is 0 Å². The van der Waals surface area contributed by atoms with Gasteiger partial charge in [0.05, 0.1) is 12.4 Å². The largest absolute Gasteiger partial charge is 0.287 e. The Morgan fingerprint density at radius 1 is 1.17 bits per heavy atom. The van der Waals surface area contributed by atoms with E-state index in [0.717, 1.165) is 16.6 Å². The van der Waals surface area contributed by atoms with E-state index in [2.05, 4.69) is 37.9 Å². The van der Waals surface area contributed by atoms with Crippen molar-refractivity contribution in [3.63, 3.8) is 0 Å². The topological polar surface area (TPSA) is 16.8 Å². The number of fused-ring (bicyclic) bond motifs is 1. The van der Waals surface area contributed by atoms with Gasteiger partial charge < -0.3 is 0 Å². The second kappa shape index (κ2) is 5.77. The minimum absolute atomic E-state index is 0.444. The van der Waals surface area contributed by atoms with Crippen LogP contribution < -0.4 is 4.57 Å². The number of aryl methyl sites for hydroxylation is 3. The highest BCUT2D eigenvalue weighted by Gasteiger charge is 2.18. The molecule has 0 aliphatic rings. The van der Waals surface area contributed by atoms with Crippen LogP contribution in [0.2, 0.25) is 0 Å². The summed E-state index contributed by atoms with van der Waals surface area (Å²) in [6.07, 6.45) is 1.75. The molecule has 118 valence electrons. The maximum absolute atomic E-state index is 8.35. The average Bonchev–Trinajstić information content (AvgIpc) is 2.57. The van der Waals surface area contributed by atoms with Gasteiger partial charge in [-0.05, 0) is 66.5 Å². The van der Waals surface area contributed by atoms with E-state index in [9.17, 15) is 0 Å². The Morgan fingerprint density at radius 3 is 2.70 bits per heavy atom. The Morgan fingerprint density at radius 2 is 1.96 bits per heavy atom. The number of hydrogen-bond donors (Lipinski definition) is 0. The second-order valence-corrected chi connectivity index (χ2v) is 6.32. The average molecular weight is 309 g/mol. The third-order valence-corrected chi connectivity index (χ3v) is 4.48. The predicted molar refractivity (Wildman–Crippen MR) is 96.7 cm³/mol. The summed E-state index contributed by atoms with van der Waals surface area (Å²) in [7, 11) is 1.96. The zero-order valence-corrected chi connectivity index (χ0v) is 14.4. The molecule has 1 atom stereocenters. The fourth-order valence-corrected chi connectivity index (χ4v) is 3.09. The summed E-state index contributed by atoms with van der Waals surface area (Å²) in [5.41, 5.74) is 6.95. The van der Waals surface area contributed by atoms with Crippen molar-refractivity contribution in [2.45, 2.75) is 40.4 Å². The molecule has 0 radical (unpaired) electrons. The van der Waals surface area contributed by atoms with Gasteiger partial charge in [0.25, 0.3) is 6.33 Å². The lowest BCUT2D eigenvalue weighted by Gasteiger charge is -2.13. The summed E-state index contributed by atoms with van der Waals surface area (Å²) in [5, 5.41) is 0.943. The number of aromatic nitrogens is 2. The van der Waals surface area contributed by atoms with Crippen molar-refractivity contribution in [3.05, 3.63) is 58.9 Å². The Bertz CT molecular complexity index is 1040. The minimum atomic E-state index is -2.41. The maximum Gasteiger partial charge on any atom is 0.287 e. The molecule has 2 nitrogen and oxygen atoms in total. The lowest BCUT2D eigenvalue weighted by Crippen LogP contribution is -2.32. The second-order valence-electron chi connectivity index (χ2n) is 6.32. The minimum Gasteiger partial charge on any atom is -0.232 e. The number of hydrogen-bond acceptors (Lipinski definition) is 1. The van der Waals surface area contributed by atoms with Gasteiger partial charge in [-0.2, -0.15) is 0 Å². The standard InChI is InChI=1S/C21H25N2/c1-13(2)17-7-8-18-20(11-17)22-12-23(6)21(18)19-10-14(3)9-15(4)16(19)5/h7-13H,1-6H3/q+1/i1D3,13D. The third kappa shape index (κ3) is 2.74. The molecule has 0 bridgehead atoms. The molecule has 1 heterocycles. The highest BCUT2D eigenvalue weighted by molar-refractivity contribution is 5.92. The van der Waals surface area contributed by atoms with Crippen molar-refractivity contribution in [1.82, 2.24) is 4.98 Å². The SMILES string of the molecule is [2H]C([2H])([2H])C([2H])(C)c1ccc2c(-c3cc(C)cc(C)c3C)[n+](C)cnc2c1. The van der Waals surface area contributed by atoms with Crippen LogP contribution in [0.15, 0.2) is 36.7 Å². The van der Waals surface area contributed by atoms with E-state index in [1.54, 1.807) is 18.5 Å². The van der Waals surface area contributed by atoms with Gasteiger partial charge in [-0.1, -0.05) is 31.5 Å². The molecular weight excluding hydrogens is 280 g/mol. The molecule has 0 saturated heterocycles. The lowest BCUT2D eigenvalue weighted by atomic mass is 9.94. The summed E-state index contributed by atoms with van der Waals surface area (Å²) in [5.74, 6) is -1.68. The zero-order valence-electron chi connectivity index (χ0n) is 18.4. The van der Waals surface area contributed by atoms with Crippen LogP contribution in [0.5, 0.6) is 0 Å². The van der Waals surface area contributed by atoms with Gasteiger partial charge in [-0.25, -0.2) is 4.57 Å². The molecule has 0 amide bonds. The van der Waals surface area contributed by atoms with E-state index >= 15 is 0 Å². The van der Waals surface area contributed by atoms with E-state index in [1.807, 2.05) is 17.7 Å². The highest BCUT2D eigenvalue weighted by Crippen LogP contribution is 2.30. The van der Waals surface area contributed by atoms with Crippen LogP contribution in [0.3, 0.4) is 0 Å². The first-order valence-electron chi connectivity index (χ1n) is 9.80. The Labute approximate surface area is 144 Å². The smallest absolute Gasteiger partial charge is 0.232 e. The first-order chi connectivity index (χ1) is 12.4. The van der Waals surface area contributed by atoms with Crippen LogP contribution in [-0.2, 0) is 7.05 Å². The summed E-state index contributed by atoms with van der Waals surface area (Å²) in [4.78, 5) is 4.49. The Kier molecular flexibility index (Phi) is 2.84. The molecule has 3 aromatic rings. The van der Waals surface area contributed by atoms with Crippen molar-refractivity contribution in [1.29, 1.82) is 0 Å². The molecule has 1 aromatic heterocycles. The molecule has 0 N–H and O–H groups in total. The lowest BCUT2D eigenvalue weighted by molar-refractivity contribution is -0.662. The third-order valence-electron chi connectivity index (χ3n) is 4.48. The zero-order chi connectivity index (χ0) is 20.1. The highest BCUT2D eigenvalue weighted by atomic mass is 15.0. The Hall–Kier alpha value is -2.22. The predicted octanol–water partition coefficient (Wildman–Crippen LogP) is 4.77. The van der Waals surface area contributed by atoms with Crippen molar-refractivity contribution in [2.24, 2.45) is 7.05 Å². The molecule has 3 rings (SSSR count). The fourth-order valence-electron chi connectivity index (χ4n) is 3.09. The Balaban J connectivity index is 2.30. The molecule has 2 aromatic carbocycles. The van der Waals surface area contributed by atoms with Crippen LogP contribution in [0.1, 0.15) is 47.4 Å². The molecule has 2 heteroatoms. The quantitative estimate of drug-likeness (QED) is 0.623. The van der Waals surface area contributed by atoms with Gasteiger partial charge in [0.1, 0.15) is 5.69 Å². The van der Waals surface area contributed by atoms with Gasteiger partial charge in [0.15, 0.2) is 5.52 Å². The van der Waals surface area contributed by atoms with Crippen LogP contribution in [0, 0.1) is 20.8 Å². The van der Waals surface area contributed by atoms with Gasteiger partial charge >= 0.3 is 0 Å². The van der Waals surface area contributed by atoms with Crippen molar-refractivity contribution in [3.8, 4) is 11.3 Å². The first kappa shape index (κ1) is 11.3. The molecule has 0 fully saturated rings. The molecule has 0 aliphatic heterocycles. The van der Waals surface area contributed by atoms with E-state index < -0.39 is 12.7 Å². The number of nitrogens with zero attached hydrogens (tertiary/aromatic N) is 2. The van der Waals surface area contributed by atoms with Gasteiger partial charge in [-0.3, -0.25) is 0 Å².